The zero-order valence-electron chi connectivity index (χ0n) is 20.4. The van der Waals surface area contributed by atoms with Crippen LogP contribution in [-0.2, 0) is 27.9 Å². The molecule has 0 radical (unpaired) electrons. The first-order valence-electron chi connectivity index (χ1n) is 12.9. The molecular formula is C30H35NO3. The van der Waals surface area contributed by atoms with Gasteiger partial charge in [0, 0.05) is 41.0 Å². The second kappa shape index (κ2) is 7.19. The van der Waals surface area contributed by atoms with Crippen molar-refractivity contribution in [2.24, 2.45) is 11.3 Å². The Bertz CT molecular complexity index is 1150. The Morgan fingerprint density at radius 2 is 2.00 bits per heavy atom. The summed E-state index contributed by atoms with van der Waals surface area (Å²) in [4.78, 5) is 2.65. The average molecular weight is 458 g/mol. The van der Waals surface area contributed by atoms with Crippen LogP contribution in [0.5, 0.6) is 5.75 Å². The van der Waals surface area contributed by atoms with E-state index in [0.717, 1.165) is 43.5 Å². The third-order valence-electron chi connectivity index (χ3n) is 10.5. The number of nitrogens with zero attached hydrogens (tertiary/aromatic N) is 1. The molecule has 6 aliphatic rings. The average Bonchev–Trinajstić information content (AvgIpc) is 3.24. The summed E-state index contributed by atoms with van der Waals surface area (Å²) in [5, 5.41) is 0. The van der Waals surface area contributed by atoms with Crippen molar-refractivity contribution in [1.82, 2.24) is 4.90 Å². The van der Waals surface area contributed by atoms with Gasteiger partial charge in [-0.1, -0.05) is 55.1 Å². The standard InChI is InChI=1S/C30H35NO3/c1-4-21-10-11-22-16-24-28-12-13-30(32-3,23(17-28)19-33-18-20-8-6-5-7-9-20)27-29(28,14-15-31(24)2)25(22)26(21)34-27/h4-11,23-24,27H,1,12-19H2,2-3H3/t23-,24?,27-,28-,29+,30-/m1/s1. The molecule has 1 unspecified atom stereocenters. The van der Waals surface area contributed by atoms with E-state index < -0.39 is 0 Å². The summed E-state index contributed by atoms with van der Waals surface area (Å²) in [7, 11) is 4.25. The maximum Gasteiger partial charge on any atom is 0.138 e. The highest BCUT2D eigenvalue weighted by Gasteiger charge is 2.80. The van der Waals surface area contributed by atoms with Gasteiger partial charge >= 0.3 is 0 Å². The summed E-state index contributed by atoms with van der Waals surface area (Å²) < 4.78 is 20.1. The highest BCUT2D eigenvalue weighted by molar-refractivity contribution is 5.68. The van der Waals surface area contributed by atoms with Crippen molar-refractivity contribution in [2.45, 2.75) is 61.9 Å². The van der Waals surface area contributed by atoms with Gasteiger partial charge in [-0.05, 0) is 56.8 Å². The first kappa shape index (κ1) is 21.2. The van der Waals surface area contributed by atoms with Gasteiger partial charge in [0.05, 0.1) is 13.2 Å². The lowest BCUT2D eigenvalue weighted by atomic mass is 9.35. The van der Waals surface area contributed by atoms with E-state index in [4.69, 9.17) is 14.2 Å². The van der Waals surface area contributed by atoms with E-state index in [1.54, 1.807) is 0 Å². The molecule has 1 saturated heterocycles. The summed E-state index contributed by atoms with van der Waals surface area (Å²) in [6.07, 6.45) is 7.69. The van der Waals surface area contributed by atoms with Crippen LogP contribution in [-0.4, -0.2) is 50.0 Å². The normalized spacial score (nSPS) is 38.9. The Labute approximate surface area is 202 Å². The summed E-state index contributed by atoms with van der Waals surface area (Å²) in [6.45, 7) is 6.60. The van der Waals surface area contributed by atoms with Crippen LogP contribution in [0.1, 0.15) is 47.9 Å². The molecule has 178 valence electrons. The molecule has 8 rings (SSSR count). The number of hydrogen-bond acceptors (Lipinski definition) is 4. The highest BCUT2D eigenvalue weighted by atomic mass is 16.6. The Morgan fingerprint density at radius 1 is 1.15 bits per heavy atom. The van der Waals surface area contributed by atoms with E-state index in [9.17, 15) is 0 Å². The first-order chi connectivity index (χ1) is 16.6. The Balaban J connectivity index is 1.33. The summed E-state index contributed by atoms with van der Waals surface area (Å²) in [6, 6.07) is 15.6. The van der Waals surface area contributed by atoms with Crippen molar-refractivity contribution in [3.63, 3.8) is 0 Å². The lowest BCUT2D eigenvalue weighted by Gasteiger charge is -2.73. The van der Waals surface area contributed by atoms with Gasteiger partial charge in [0.25, 0.3) is 0 Å². The second-order valence-electron chi connectivity index (χ2n) is 11.4. The van der Waals surface area contributed by atoms with Gasteiger partial charge in [0.1, 0.15) is 17.5 Å². The maximum atomic E-state index is 7.08. The fourth-order valence-corrected chi connectivity index (χ4v) is 9.11. The number of likely N-dealkylation sites (tertiary alicyclic amines) is 1. The van der Waals surface area contributed by atoms with Gasteiger partial charge in [-0.3, -0.25) is 0 Å². The summed E-state index contributed by atoms with van der Waals surface area (Å²) >= 11 is 0. The minimum Gasteiger partial charge on any atom is -0.485 e. The molecule has 4 aliphatic carbocycles. The van der Waals surface area contributed by atoms with E-state index >= 15 is 0 Å². The third-order valence-corrected chi connectivity index (χ3v) is 10.5. The van der Waals surface area contributed by atoms with Gasteiger partial charge < -0.3 is 19.1 Å². The predicted octanol–water partition coefficient (Wildman–Crippen LogP) is 4.99. The van der Waals surface area contributed by atoms with Crippen LogP contribution >= 0.6 is 0 Å². The molecular weight excluding hydrogens is 422 g/mol. The van der Waals surface area contributed by atoms with Crippen LogP contribution in [0.15, 0.2) is 49.0 Å². The molecule has 4 heteroatoms. The van der Waals surface area contributed by atoms with E-state index in [2.05, 4.69) is 61.0 Å². The van der Waals surface area contributed by atoms with Crippen molar-refractivity contribution < 1.29 is 14.2 Å². The molecule has 4 fully saturated rings. The number of likely N-dealkylation sites (N-methyl/N-ethyl adjacent to an activating group) is 1. The molecule has 3 saturated carbocycles. The van der Waals surface area contributed by atoms with Crippen molar-refractivity contribution in [3.8, 4) is 5.75 Å². The first-order valence-corrected chi connectivity index (χ1v) is 12.9. The molecule has 2 aromatic carbocycles. The number of ether oxygens (including phenoxy) is 3. The summed E-state index contributed by atoms with van der Waals surface area (Å²) in [5.41, 5.74) is 5.29. The van der Waals surface area contributed by atoms with Crippen molar-refractivity contribution in [1.29, 1.82) is 0 Å². The molecule has 6 atom stereocenters. The molecule has 2 spiro atoms. The predicted molar refractivity (Wildman–Crippen MR) is 133 cm³/mol. The minimum atomic E-state index is -0.315. The largest absolute Gasteiger partial charge is 0.485 e. The quantitative estimate of drug-likeness (QED) is 0.612. The minimum absolute atomic E-state index is 0.0380. The van der Waals surface area contributed by atoms with Crippen molar-refractivity contribution >= 4 is 6.08 Å². The van der Waals surface area contributed by atoms with Crippen molar-refractivity contribution in [2.75, 3.05) is 27.3 Å². The van der Waals surface area contributed by atoms with Crippen LogP contribution in [0, 0.1) is 11.3 Å². The van der Waals surface area contributed by atoms with Gasteiger partial charge in [0.15, 0.2) is 0 Å². The van der Waals surface area contributed by atoms with Crippen LogP contribution in [0.4, 0.5) is 0 Å². The van der Waals surface area contributed by atoms with Crippen molar-refractivity contribution in [3.05, 3.63) is 71.3 Å². The molecule has 2 aromatic rings. The van der Waals surface area contributed by atoms with Gasteiger partial charge in [-0.25, -0.2) is 0 Å². The molecule has 2 heterocycles. The van der Waals surface area contributed by atoms with E-state index in [0.29, 0.717) is 25.2 Å². The van der Waals surface area contributed by atoms with E-state index in [1.165, 1.54) is 23.1 Å². The van der Waals surface area contributed by atoms with Crippen LogP contribution in [0.25, 0.3) is 6.08 Å². The summed E-state index contributed by atoms with van der Waals surface area (Å²) in [5.74, 6) is 1.42. The number of piperidine rings is 1. The topological polar surface area (TPSA) is 30.9 Å². The van der Waals surface area contributed by atoms with E-state index in [1.807, 2.05) is 13.2 Å². The molecule has 2 aliphatic heterocycles. The smallest absolute Gasteiger partial charge is 0.138 e. The molecule has 34 heavy (non-hydrogen) atoms. The molecule has 4 bridgehead atoms. The molecule has 0 N–H and O–H groups in total. The van der Waals surface area contributed by atoms with Crippen LogP contribution in [0.3, 0.4) is 0 Å². The Hall–Kier alpha value is -2.14. The number of rotatable bonds is 6. The zero-order valence-corrected chi connectivity index (χ0v) is 20.4. The van der Waals surface area contributed by atoms with Gasteiger partial charge in [-0.2, -0.15) is 0 Å². The fraction of sp³-hybridized carbons (Fsp3) is 0.533. The number of benzene rings is 2. The van der Waals surface area contributed by atoms with Crippen LogP contribution in [0.2, 0.25) is 0 Å². The Morgan fingerprint density at radius 3 is 2.79 bits per heavy atom. The third kappa shape index (κ3) is 2.35. The molecule has 4 nitrogen and oxygen atoms in total. The lowest BCUT2D eigenvalue weighted by Crippen LogP contribution is -2.81. The monoisotopic (exact) mass is 457 g/mol. The number of fused-ring (bicyclic) bond motifs is 2. The lowest BCUT2D eigenvalue weighted by molar-refractivity contribution is -0.282. The van der Waals surface area contributed by atoms with Gasteiger partial charge in [-0.15, -0.1) is 0 Å². The highest BCUT2D eigenvalue weighted by Crippen LogP contribution is 2.76. The second-order valence-corrected chi connectivity index (χ2v) is 11.4. The van der Waals surface area contributed by atoms with Gasteiger partial charge in [0.2, 0.25) is 0 Å². The fourth-order valence-electron chi connectivity index (χ4n) is 9.11. The molecule has 0 amide bonds. The SMILES string of the molecule is C=Cc1ccc2c3c1O[C@H]1[C@@]4(OC)CC[C@@]5(C[C@@H]4COCc4ccccc4)C(C2)N(C)CC[C@]315. The van der Waals surface area contributed by atoms with E-state index in [-0.39, 0.29) is 22.5 Å². The number of hydrogen-bond donors (Lipinski definition) is 0. The van der Waals surface area contributed by atoms with Crippen LogP contribution < -0.4 is 4.74 Å². The Kier molecular flexibility index (Phi) is 4.48. The number of methoxy groups -OCH3 is 1. The zero-order chi connectivity index (χ0) is 23.1. The maximum absolute atomic E-state index is 7.08. The molecule has 0 aromatic heterocycles.